The van der Waals surface area contributed by atoms with E-state index in [9.17, 15) is 4.79 Å². The molecule has 0 aliphatic rings. The molecule has 0 fully saturated rings. The lowest BCUT2D eigenvalue weighted by atomic mass is 10.1. The van der Waals surface area contributed by atoms with Crippen LogP contribution in [0.5, 0.6) is 0 Å². The minimum atomic E-state index is -0.127. The SMILES string of the molecule is CC(C)C(C)NC(=O)c1cccc(C#N)c1. The Bertz CT molecular complexity index is 418. The molecular formula is C13H16N2O. The van der Waals surface area contributed by atoms with Crippen molar-refractivity contribution in [1.82, 2.24) is 5.32 Å². The Morgan fingerprint density at radius 2 is 2.06 bits per heavy atom. The maximum atomic E-state index is 11.8. The molecule has 0 saturated carbocycles. The molecule has 1 atom stereocenters. The molecule has 1 aromatic rings. The highest BCUT2D eigenvalue weighted by molar-refractivity contribution is 5.94. The lowest BCUT2D eigenvalue weighted by Gasteiger charge is -2.17. The van der Waals surface area contributed by atoms with E-state index in [0.29, 0.717) is 17.0 Å². The first-order chi connectivity index (χ1) is 7.54. The van der Waals surface area contributed by atoms with Crippen LogP contribution < -0.4 is 5.32 Å². The zero-order valence-corrected chi connectivity index (χ0v) is 9.82. The van der Waals surface area contributed by atoms with Crippen LogP contribution in [0.1, 0.15) is 36.7 Å². The van der Waals surface area contributed by atoms with E-state index >= 15 is 0 Å². The number of amides is 1. The Kier molecular flexibility index (Phi) is 4.07. The van der Waals surface area contributed by atoms with Crippen molar-refractivity contribution in [3.05, 3.63) is 35.4 Å². The molecule has 1 amide bonds. The second kappa shape index (κ2) is 5.32. The van der Waals surface area contributed by atoms with Gasteiger partial charge in [-0.3, -0.25) is 4.79 Å². The Labute approximate surface area is 96.1 Å². The van der Waals surface area contributed by atoms with Gasteiger partial charge in [0, 0.05) is 11.6 Å². The molecule has 3 nitrogen and oxygen atoms in total. The van der Waals surface area contributed by atoms with Gasteiger partial charge >= 0.3 is 0 Å². The van der Waals surface area contributed by atoms with E-state index in [1.807, 2.05) is 13.0 Å². The van der Waals surface area contributed by atoms with Gasteiger partial charge in [0.1, 0.15) is 0 Å². The fourth-order valence-electron chi connectivity index (χ4n) is 1.19. The fourth-order valence-corrected chi connectivity index (χ4v) is 1.19. The second-order valence-corrected chi connectivity index (χ2v) is 4.20. The third-order valence-corrected chi connectivity index (χ3v) is 2.61. The van der Waals surface area contributed by atoms with Crippen LogP contribution in [0.15, 0.2) is 24.3 Å². The third-order valence-electron chi connectivity index (χ3n) is 2.61. The first kappa shape index (κ1) is 12.3. The minimum absolute atomic E-state index is 0.123. The van der Waals surface area contributed by atoms with Crippen LogP contribution in [0.4, 0.5) is 0 Å². The normalized spacial score (nSPS) is 11.9. The smallest absolute Gasteiger partial charge is 0.251 e. The highest BCUT2D eigenvalue weighted by Gasteiger charge is 2.12. The van der Waals surface area contributed by atoms with Crippen LogP contribution in [0, 0.1) is 17.2 Å². The average molecular weight is 216 g/mol. The summed E-state index contributed by atoms with van der Waals surface area (Å²) < 4.78 is 0. The van der Waals surface area contributed by atoms with Gasteiger partial charge in [0.15, 0.2) is 0 Å². The van der Waals surface area contributed by atoms with Crippen molar-refractivity contribution in [2.24, 2.45) is 5.92 Å². The first-order valence-electron chi connectivity index (χ1n) is 5.35. The highest BCUT2D eigenvalue weighted by atomic mass is 16.1. The van der Waals surface area contributed by atoms with Crippen molar-refractivity contribution in [1.29, 1.82) is 5.26 Å². The summed E-state index contributed by atoms with van der Waals surface area (Å²) in [7, 11) is 0. The number of benzene rings is 1. The Morgan fingerprint density at radius 1 is 1.38 bits per heavy atom. The molecule has 0 saturated heterocycles. The summed E-state index contributed by atoms with van der Waals surface area (Å²) in [6.07, 6.45) is 0. The maximum Gasteiger partial charge on any atom is 0.251 e. The predicted molar refractivity (Wildman–Crippen MR) is 62.9 cm³/mol. The molecule has 1 aromatic carbocycles. The van der Waals surface area contributed by atoms with Crippen LogP contribution in [-0.4, -0.2) is 11.9 Å². The zero-order valence-electron chi connectivity index (χ0n) is 9.82. The first-order valence-corrected chi connectivity index (χ1v) is 5.35. The summed E-state index contributed by atoms with van der Waals surface area (Å²) in [5, 5.41) is 11.6. The average Bonchev–Trinajstić information content (AvgIpc) is 2.28. The lowest BCUT2D eigenvalue weighted by molar-refractivity contribution is 0.0930. The number of nitrogens with one attached hydrogen (secondary N) is 1. The standard InChI is InChI=1S/C13H16N2O/c1-9(2)10(3)15-13(16)12-6-4-5-11(7-12)8-14/h4-7,9-10H,1-3H3,(H,15,16). The monoisotopic (exact) mass is 216 g/mol. The predicted octanol–water partition coefficient (Wildman–Crippen LogP) is 2.33. The topological polar surface area (TPSA) is 52.9 Å². The highest BCUT2D eigenvalue weighted by Crippen LogP contribution is 2.06. The number of carbonyl (C=O) groups is 1. The molecule has 0 heterocycles. The van der Waals surface area contributed by atoms with Crippen molar-refractivity contribution in [3.63, 3.8) is 0 Å². The van der Waals surface area contributed by atoms with Crippen LogP contribution >= 0.6 is 0 Å². The van der Waals surface area contributed by atoms with Crippen molar-refractivity contribution in [2.75, 3.05) is 0 Å². The molecule has 0 spiro atoms. The quantitative estimate of drug-likeness (QED) is 0.843. The van der Waals surface area contributed by atoms with Crippen LogP contribution in [0.2, 0.25) is 0 Å². The van der Waals surface area contributed by atoms with Crippen LogP contribution in [0.25, 0.3) is 0 Å². The molecule has 0 aromatic heterocycles. The molecule has 84 valence electrons. The lowest BCUT2D eigenvalue weighted by Crippen LogP contribution is -2.36. The minimum Gasteiger partial charge on any atom is -0.349 e. The number of carbonyl (C=O) groups excluding carboxylic acids is 1. The van der Waals surface area contributed by atoms with E-state index < -0.39 is 0 Å². The van der Waals surface area contributed by atoms with Gasteiger partial charge < -0.3 is 5.32 Å². The molecule has 1 N–H and O–H groups in total. The molecule has 0 aliphatic carbocycles. The Morgan fingerprint density at radius 3 is 2.62 bits per heavy atom. The summed E-state index contributed by atoms with van der Waals surface area (Å²) >= 11 is 0. The molecular weight excluding hydrogens is 200 g/mol. The van der Waals surface area contributed by atoms with Gasteiger partial charge in [-0.1, -0.05) is 19.9 Å². The number of nitriles is 1. The van der Waals surface area contributed by atoms with Crippen molar-refractivity contribution >= 4 is 5.91 Å². The second-order valence-electron chi connectivity index (χ2n) is 4.20. The van der Waals surface area contributed by atoms with Gasteiger partial charge in [0.25, 0.3) is 5.91 Å². The Hall–Kier alpha value is -1.82. The fraction of sp³-hybridized carbons (Fsp3) is 0.385. The van der Waals surface area contributed by atoms with E-state index in [1.165, 1.54) is 0 Å². The Balaban J connectivity index is 2.77. The summed E-state index contributed by atoms with van der Waals surface area (Å²) in [6.45, 7) is 6.07. The largest absolute Gasteiger partial charge is 0.349 e. The van der Waals surface area contributed by atoms with Crippen molar-refractivity contribution in [3.8, 4) is 6.07 Å². The summed E-state index contributed by atoms with van der Waals surface area (Å²) in [5.74, 6) is 0.265. The molecule has 3 heteroatoms. The van der Waals surface area contributed by atoms with E-state index in [4.69, 9.17) is 5.26 Å². The van der Waals surface area contributed by atoms with Gasteiger partial charge in [-0.2, -0.15) is 5.26 Å². The summed E-state index contributed by atoms with van der Waals surface area (Å²) in [5.41, 5.74) is 1.04. The number of rotatable bonds is 3. The van der Waals surface area contributed by atoms with Gasteiger partial charge in [0.05, 0.1) is 11.6 Å². The van der Waals surface area contributed by atoms with Crippen molar-refractivity contribution < 1.29 is 4.79 Å². The molecule has 1 unspecified atom stereocenters. The van der Waals surface area contributed by atoms with Gasteiger partial charge in [-0.25, -0.2) is 0 Å². The van der Waals surface area contributed by atoms with Crippen molar-refractivity contribution in [2.45, 2.75) is 26.8 Å². The van der Waals surface area contributed by atoms with Gasteiger partial charge in [0.2, 0.25) is 0 Å². The molecule has 0 radical (unpaired) electrons. The third kappa shape index (κ3) is 3.09. The van der Waals surface area contributed by atoms with Gasteiger partial charge in [-0.15, -0.1) is 0 Å². The molecule has 0 bridgehead atoms. The molecule has 16 heavy (non-hydrogen) atoms. The summed E-state index contributed by atoms with van der Waals surface area (Å²) in [4.78, 5) is 11.8. The summed E-state index contributed by atoms with van der Waals surface area (Å²) in [6, 6.07) is 8.85. The van der Waals surface area contributed by atoms with E-state index in [0.717, 1.165) is 0 Å². The number of hydrogen-bond acceptors (Lipinski definition) is 2. The number of nitrogens with zero attached hydrogens (tertiary/aromatic N) is 1. The number of hydrogen-bond donors (Lipinski definition) is 1. The van der Waals surface area contributed by atoms with Crippen LogP contribution in [0.3, 0.4) is 0 Å². The van der Waals surface area contributed by atoms with E-state index in [2.05, 4.69) is 19.2 Å². The maximum absolute atomic E-state index is 11.8. The van der Waals surface area contributed by atoms with Gasteiger partial charge in [-0.05, 0) is 31.0 Å². The van der Waals surface area contributed by atoms with E-state index in [1.54, 1.807) is 24.3 Å². The molecule has 0 aliphatic heterocycles. The van der Waals surface area contributed by atoms with Crippen LogP contribution in [-0.2, 0) is 0 Å². The zero-order chi connectivity index (χ0) is 12.1. The molecule has 1 rings (SSSR count). The van der Waals surface area contributed by atoms with E-state index in [-0.39, 0.29) is 11.9 Å².